The Labute approximate surface area is 138 Å². The lowest BCUT2D eigenvalue weighted by molar-refractivity contribution is 0.567. The summed E-state index contributed by atoms with van der Waals surface area (Å²) in [5.74, 6) is 0. The summed E-state index contributed by atoms with van der Waals surface area (Å²) in [4.78, 5) is 0.282. The first-order valence-electron chi connectivity index (χ1n) is 7.80. The van der Waals surface area contributed by atoms with Gasteiger partial charge >= 0.3 is 0 Å². The van der Waals surface area contributed by atoms with E-state index in [9.17, 15) is 8.42 Å². The highest BCUT2D eigenvalue weighted by Crippen LogP contribution is 2.17. The molecule has 0 radical (unpaired) electrons. The van der Waals surface area contributed by atoms with E-state index in [4.69, 9.17) is 5.73 Å². The van der Waals surface area contributed by atoms with Crippen LogP contribution in [0.1, 0.15) is 37.4 Å². The van der Waals surface area contributed by atoms with Crippen LogP contribution < -0.4 is 10.5 Å². The third-order valence-corrected chi connectivity index (χ3v) is 5.31. The number of sulfonamides is 1. The molecule has 2 atom stereocenters. The highest BCUT2D eigenvalue weighted by atomic mass is 32.2. The fourth-order valence-electron chi connectivity index (χ4n) is 2.34. The van der Waals surface area contributed by atoms with Gasteiger partial charge in [-0.1, -0.05) is 42.5 Å². The van der Waals surface area contributed by atoms with Gasteiger partial charge in [-0.25, -0.2) is 13.1 Å². The zero-order valence-corrected chi connectivity index (χ0v) is 14.4. The monoisotopic (exact) mass is 332 g/mol. The van der Waals surface area contributed by atoms with E-state index in [1.54, 1.807) is 12.1 Å². The Hall–Kier alpha value is -1.69. The minimum atomic E-state index is -3.53. The molecule has 2 aromatic rings. The van der Waals surface area contributed by atoms with Crippen LogP contribution in [0.4, 0.5) is 0 Å². The molecule has 2 rings (SSSR count). The van der Waals surface area contributed by atoms with Gasteiger partial charge < -0.3 is 5.73 Å². The van der Waals surface area contributed by atoms with Crippen LogP contribution in [-0.4, -0.2) is 14.5 Å². The third kappa shape index (κ3) is 5.16. The van der Waals surface area contributed by atoms with Crippen molar-refractivity contribution in [2.75, 3.05) is 0 Å². The van der Waals surface area contributed by atoms with Crippen LogP contribution in [0.25, 0.3) is 0 Å². The summed E-state index contributed by atoms with van der Waals surface area (Å²) in [5, 5.41) is 0. The SMILES string of the molecule is CC(N)CCc1ccc(S(=O)(=O)N[C@@H](C)c2ccccc2)cc1. The average molecular weight is 332 g/mol. The molecule has 23 heavy (non-hydrogen) atoms. The second kappa shape index (κ2) is 7.73. The molecular weight excluding hydrogens is 308 g/mol. The number of aryl methyl sites for hydroxylation is 1. The topological polar surface area (TPSA) is 72.2 Å². The molecule has 0 fully saturated rings. The Morgan fingerprint density at radius 2 is 1.61 bits per heavy atom. The van der Waals surface area contributed by atoms with E-state index in [1.165, 1.54) is 0 Å². The molecule has 0 aromatic heterocycles. The molecule has 2 aromatic carbocycles. The number of benzene rings is 2. The van der Waals surface area contributed by atoms with E-state index in [0.29, 0.717) is 0 Å². The number of hydrogen-bond donors (Lipinski definition) is 2. The van der Waals surface area contributed by atoms with Crippen LogP contribution in [0.15, 0.2) is 59.5 Å². The molecule has 0 spiro atoms. The first-order chi connectivity index (χ1) is 10.9. The fraction of sp³-hybridized carbons (Fsp3) is 0.333. The van der Waals surface area contributed by atoms with Crippen molar-refractivity contribution < 1.29 is 8.42 Å². The normalized spacial score (nSPS) is 14.4. The Balaban J connectivity index is 2.07. The smallest absolute Gasteiger partial charge is 0.241 e. The van der Waals surface area contributed by atoms with E-state index < -0.39 is 10.0 Å². The Bertz CT molecular complexity index is 710. The first kappa shape index (κ1) is 17.7. The van der Waals surface area contributed by atoms with Gasteiger partial charge in [0.15, 0.2) is 0 Å². The largest absolute Gasteiger partial charge is 0.328 e. The van der Waals surface area contributed by atoms with Gasteiger partial charge in [0.05, 0.1) is 4.90 Å². The summed E-state index contributed by atoms with van der Waals surface area (Å²) in [6.45, 7) is 3.80. The van der Waals surface area contributed by atoms with Gasteiger partial charge in [0, 0.05) is 12.1 Å². The predicted octanol–water partition coefficient (Wildman–Crippen LogP) is 3.01. The Morgan fingerprint density at radius 3 is 2.17 bits per heavy atom. The van der Waals surface area contributed by atoms with Crippen molar-refractivity contribution in [2.45, 2.75) is 43.7 Å². The van der Waals surface area contributed by atoms with Crippen LogP contribution in [-0.2, 0) is 16.4 Å². The van der Waals surface area contributed by atoms with E-state index in [2.05, 4.69) is 4.72 Å². The first-order valence-corrected chi connectivity index (χ1v) is 9.28. The Kier molecular flexibility index (Phi) is 5.93. The lowest BCUT2D eigenvalue weighted by atomic mass is 10.1. The van der Waals surface area contributed by atoms with Crippen molar-refractivity contribution >= 4 is 10.0 Å². The molecule has 0 aliphatic rings. The standard InChI is InChI=1S/C18H24N2O2S/c1-14(19)8-9-16-10-12-18(13-11-16)23(21,22)20-15(2)17-6-4-3-5-7-17/h3-7,10-15,20H,8-9,19H2,1-2H3/t14?,15-/m0/s1. The van der Waals surface area contributed by atoms with Gasteiger partial charge in [-0.3, -0.25) is 0 Å². The fourth-order valence-corrected chi connectivity index (χ4v) is 3.57. The zero-order chi connectivity index (χ0) is 16.9. The molecule has 124 valence electrons. The molecular formula is C18H24N2O2S. The van der Waals surface area contributed by atoms with Crippen LogP contribution in [0.5, 0.6) is 0 Å². The summed E-state index contributed by atoms with van der Waals surface area (Å²) in [6, 6.07) is 16.4. The number of hydrogen-bond acceptors (Lipinski definition) is 3. The summed E-state index contributed by atoms with van der Waals surface area (Å²) in [6.07, 6.45) is 1.74. The number of nitrogens with one attached hydrogen (secondary N) is 1. The molecule has 0 saturated carbocycles. The summed E-state index contributed by atoms with van der Waals surface area (Å²) < 4.78 is 27.6. The minimum Gasteiger partial charge on any atom is -0.328 e. The highest BCUT2D eigenvalue weighted by Gasteiger charge is 2.18. The maximum Gasteiger partial charge on any atom is 0.241 e. The van der Waals surface area contributed by atoms with Crippen LogP contribution in [0.2, 0.25) is 0 Å². The summed E-state index contributed by atoms with van der Waals surface area (Å²) in [5.41, 5.74) is 7.77. The maximum absolute atomic E-state index is 12.5. The third-order valence-electron chi connectivity index (χ3n) is 3.75. The van der Waals surface area contributed by atoms with Crippen molar-refractivity contribution in [2.24, 2.45) is 5.73 Å². The molecule has 4 nitrogen and oxygen atoms in total. The van der Waals surface area contributed by atoms with E-state index in [0.717, 1.165) is 24.0 Å². The van der Waals surface area contributed by atoms with Crippen LogP contribution in [0.3, 0.4) is 0 Å². The minimum absolute atomic E-state index is 0.145. The van der Waals surface area contributed by atoms with Gasteiger partial charge in [0.2, 0.25) is 10.0 Å². The quantitative estimate of drug-likeness (QED) is 0.818. The van der Waals surface area contributed by atoms with Gasteiger partial charge in [-0.2, -0.15) is 0 Å². The lowest BCUT2D eigenvalue weighted by Gasteiger charge is -2.15. The van der Waals surface area contributed by atoms with Crippen LogP contribution >= 0.6 is 0 Å². The van der Waals surface area contributed by atoms with Gasteiger partial charge in [0.25, 0.3) is 0 Å². The van der Waals surface area contributed by atoms with Crippen molar-refractivity contribution in [1.29, 1.82) is 0 Å². The molecule has 0 aliphatic heterocycles. The molecule has 0 aliphatic carbocycles. The molecule has 0 heterocycles. The van der Waals surface area contributed by atoms with E-state index in [1.807, 2.05) is 56.3 Å². The summed E-state index contributed by atoms with van der Waals surface area (Å²) >= 11 is 0. The lowest BCUT2D eigenvalue weighted by Crippen LogP contribution is -2.26. The van der Waals surface area contributed by atoms with Crippen LogP contribution in [0, 0.1) is 0 Å². The van der Waals surface area contributed by atoms with Gasteiger partial charge in [-0.15, -0.1) is 0 Å². The van der Waals surface area contributed by atoms with Crippen molar-refractivity contribution in [3.05, 3.63) is 65.7 Å². The van der Waals surface area contributed by atoms with E-state index in [-0.39, 0.29) is 17.0 Å². The van der Waals surface area contributed by atoms with Crippen molar-refractivity contribution in [1.82, 2.24) is 4.72 Å². The second-order valence-corrected chi connectivity index (χ2v) is 7.63. The van der Waals surface area contributed by atoms with E-state index >= 15 is 0 Å². The van der Waals surface area contributed by atoms with Crippen molar-refractivity contribution in [3.63, 3.8) is 0 Å². The summed E-state index contributed by atoms with van der Waals surface area (Å²) in [7, 11) is -3.53. The molecule has 0 saturated heterocycles. The molecule has 5 heteroatoms. The molecule has 0 bridgehead atoms. The average Bonchev–Trinajstić information content (AvgIpc) is 2.53. The zero-order valence-electron chi connectivity index (χ0n) is 13.6. The van der Waals surface area contributed by atoms with Crippen molar-refractivity contribution in [3.8, 4) is 0 Å². The number of rotatable bonds is 7. The predicted molar refractivity (Wildman–Crippen MR) is 93.6 cm³/mol. The Morgan fingerprint density at radius 1 is 1.00 bits per heavy atom. The second-order valence-electron chi connectivity index (χ2n) is 5.91. The highest BCUT2D eigenvalue weighted by molar-refractivity contribution is 7.89. The molecule has 3 N–H and O–H groups in total. The number of nitrogens with two attached hydrogens (primary N) is 1. The molecule has 1 unspecified atom stereocenters. The maximum atomic E-state index is 12.5. The van der Waals surface area contributed by atoms with Gasteiger partial charge in [-0.05, 0) is 49.9 Å². The van der Waals surface area contributed by atoms with Gasteiger partial charge in [0.1, 0.15) is 0 Å². The molecule has 0 amide bonds.